The summed E-state index contributed by atoms with van der Waals surface area (Å²) in [5.41, 5.74) is -4.04. The van der Waals surface area contributed by atoms with Crippen molar-refractivity contribution in [1.29, 1.82) is 0 Å². The van der Waals surface area contributed by atoms with Crippen molar-refractivity contribution in [2.24, 2.45) is 0 Å². The van der Waals surface area contributed by atoms with Gasteiger partial charge in [-0.05, 0) is 12.8 Å². The number of aliphatic hydroxyl groups is 2. The van der Waals surface area contributed by atoms with Crippen LogP contribution in [0, 0.1) is 0 Å². The van der Waals surface area contributed by atoms with Crippen LogP contribution in [0.25, 0.3) is 0 Å². The smallest absolute Gasteiger partial charge is 0.303 e. The maximum absolute atomic E-state index is 11.9. The lowest BCUT2D eigenvalue weighted by atomic mass is 9.90. The van der Waals surface area contributed by atoms with Crippen LogP contribution in [-0.4, -0.2) is 131 Å². The van der Waals surface area contributed by atoms with Crippen LogP contribution in [-0.2, 0) is 28.8 Å². The fraction of sp³-hybridized carbons (Fsp3) is 0.750. The highest BCUT2D eigenvalue weighted by molar-refractivity contribution is 5.91. The summed E-state index contributed by atoms with van der Waals surface area (Å²) in [6, 6.07) is 0. The van der Waals surface area contributed by atoms with Crippen molar-refractivity contribution >= 4 is 35.4 Å². The Morgan fingerprint density at radius 1 is 0.579 bits per heavy atom. The summed E-state index contributed by atoms with van der Waals surface area (Å²) in [6.45, 7) is -0.153. The topological polar surface area (TPSA) is 229 Å². The van der Waals surface area contributed by atoms with Gasteiger partial charge in [0, 0.05) is 50.5 Å². The highest BCUT2D eigenvalue weighted by Gasteiger charge is 2.41. The van der Waals surface area contributed by atoms with Crippen molar-refractivity contribution in [2.75, 3.05) is 55.4 Å². The van der Waals surface area contributed by atoms with Crippen molar-refractivity contribution in [1.82, 2.24) is 0 Å². The third-order valence-electron chi connectivity index (χ3n) is 4.97. The Morgan fingerprint density at radius 3 is 1.03 bits per heavy atom. The van der Waals surface area contributed by atoms with E-state index in [1.54, 1.807) is 42.3 Å². The molecule has 0 amide bonds. The maximum Gasteiger partial charge on any atom is 0.303 e. The van der Waals surface area contributed by atoms with Crippen molar-refractivity contribution in [2.45, 2.75) is 62.6 Å². The van der Waals surface area contributed by atoms with Crippen LogP contribution in [0.2, 0.25) is 0 Å². The van der Waals surface area contributed by atoms with Crippen molar-refractivity contribution in [3.05, 3.63) is 0 Å². The Hall–Kier alpha value is -2.94. The molecule has 0 fully saturated rings. The Balaban J connectivity index is 0. The standard InChI is InChI=1S/2C12H21NO6/c2*1-13(2,3)8-12(19,7-11(17)18)9(14)5-4-6-10(15)16/h2*19H,4-8H2,1-3H3,(H-,15,16,17,18). The molecule has 2 atom stereocenters. The van der Waals surface area contributed by atoms with Gasteiger partial charge in [-0.15, -0.1) is 0 Å². The second-order valence-electron chi connectivity index (χ2n) is 11.4. The molecule has 220 valence electrons. The molecular formula is C24H42N2O12. The number of carbonyl (C=O) groups excluding carboxylic acids is 4. The molecule has 0 spiro atoms. The number of Topliss-reactive ketones (excluding diaryl/α,β-unsaturated/α-hetero) is 2. The molecule has 0 heterocycles. The van der Waals surface area contributed by atoms with Crippen LogP contribution in [0.15, 0.2) is 0 Å². The van der Waals surface area contributed by atoms with Crippen LogP contribution < -0.4 is 10.2 Å². The third kappa shape index (κ3) is 18.3. The van der Waals surface area contributed by atoms with Crippen LogP contribution in [0.5, 0.6) is 0 Å². The lowest BCUT2D eigenvalue weighted by Crippen LogP contribution is -2.56. The van der Waals surface area contributed by atoms with E-state index in [0.29, 0.717) is 0 Å². The maximum atomic E-state index is 11.9. The minimum atomic E-state index is -2.02. The zero-order valence-corrected chi connectivity index (χ0v) is 23.0. The predicted octanol–water partition coefficient (Wildman–Crippen LogP) is -3.22. The van der Waals surface area contributed by atoms with Crippen LogP contribution in [0.4, 0.5) is 0 Å². The van der Waals surface area contributed by atoms with Gasteiger partial charge >= 0.3 is 11.9 Å². The molecule has 0 bridgehead atoms. The van der Waals surface area contributed by atoms with Gasteiger partial charge in [-0.3, -0.25) is 19.2 Å². The number of hydrogen-bond donors (Lipinski definition) is 4. The summed E-state index contributed by atoms with van der Waals surface area (Å²) >= 11 is 0. The SMILES string of the molecule is C[N+](C)(C)CC(O)(CC(=O)[O-])C(=O)CCCC(=O)O.C[N+](C)(C)CC(O)(CC(=O)[O-])C(=O)CCCC(=O)O. The number of quaternary nitrogens is 2. The Bertz CT molecular complexity index is 789. The van der Waals surface area contributed by atoms with Crippen molar-refractivity contribution < 1.29 is 68.4 Å². The number of rotatable bonds is 18. The summed E-state index contributed by atoms with van der Waals surface area (Å²) < 4.78 is 0.406. The predicted molar refractivity (Wildman–Crippen MR) is 128 cm³/mol. The van der Waals surface area contributed by atoms with Gasteiger partial charge in [0.15, 0.2) is 22.8 Å². The molecule has 0 aromatic heterocycles. The highest BCUT2D eigenvalue weighted by Crippen LogP contribution is 2.20. The van der Waals surface area contributed by atoms with Gasteiger partial charge < -0.3 is 49.2 Å². The zero-order chi connectivity index (χ0) is 30.5. The van der Waals surface area contributed by atoms with Gasteiger partial charge in [0.05, 0.1) is 42.3 Å². The van der Waals surface area contributed by atoms with Crippen molar-refractivity contribution in [3.63, 3.8) is 0 Å². The summed E-state index contributed by atoms with van der Waals surface area (Å²) in [5.74, 6) is -6.42. The molecule has 14 heteroatoms. The van der Waals surface area contributed by atoms with Gasteiger partial charge in [-0.2, -0.15) is 0 Å². The Morgan fingerprint density at radius 2 is 0.842 bits per heavy atom. The summed E-state index contributed by atoms with van der Waals surface area (Å²) in [4.78, 5) is 65.9. The first kappa shape index (κ1) is 37.2. The number of hydrogen-bond acceptors (Lipinski definition) is 10. The summed E-state index contributed by atoms with van der Waals surface area (Å²) in [6.07, 6.45) is -2.16. The van der Waals surface area contributed by atoms with Gasteiger partial charge in [-0.1, -0.05) is 0 Å². The zero-order valence-electron chi connectivity index (χ0n) is 23.0. The molecule has 38 heavy (non-hydrogen) atoms. The quantitative estimate of drug-likeness (QED) is 0.123. The summed E-state index contributed by atoms with van der Waals surface area (Å²) in [5, 5.41) is 58.7. The van der Waals surface area contributed by atoms with Crippen molar-refractivity contribution in [3.8, 4) is 0 Å². The summed E-state index contributed by atoms with van der Waals surface area (Å²) in [7, 11) is 10.3. The lowest BCUT2D eigenvalue weighted by molar-refractivity contribution is -0.875. The molecule has 14 nitrogen and oxygen atoms in total. The van der Waals surface area contributed by atoms with Crippen LogP contribution in [0.3, 0.4) is 0 Å². The molecule has 4 N–H and O–H groups in total. The molecular weight excluding hydrogens is 508 g/mol. The van der Waals surface area contributed by atoms with E-state index in [-0.39, 0.29) is 60.6 Å². The van der Waals surface area contributed by atoms with Gasteiger partial charge in [-0.25, -0.2) is 0 Å². The lowest BCUT2D eigenvalue weighted by Gasteiger charge is -2.34. The monoisotopic (exact) mass is 550 g/mol. The van der Waals surface area contributed by atoms with Crippen LogP contribution >= 0.6 is 0 Å². The molecule has 0 aliphatic heterocycles. The van der Waals surface area contributed by atoms with E-state index in [1.165, 1.54) is 0 Å². The normalized spacial score (nSPS) is 14.7. The molecule has 0 saturated heterocycles. The van der Waals surface area contributed by atoms with Gasteiger partial charge in [0.1, 0.15) is 13.1 Å². The van der Waals surface area contributed by atoms with Crippen LogP contribution in [0.1, 0.15) is 51.4 Å². The first-order valence-corrected chi connectivity index (χ1v) is 11.9. The molecule has 0 aliphatic rings. The molecule has 0 saturated carbocycles. The number of aliphatic carboxylic acids is 4. The van der Waals surface area contributed by atoms with E-state index in [9.17, 15) is 49.2 Å². The molecule has 0 radical (unpaired) electrons. The number of likely N-dealkylation sites (N-methyl/N-ethyl adjacent to an activating group) is 2. The van der Waals surface area contributed by atoms with Gasteiger partial charge in [0.25, 0.3) is 0 Å². The number of nitrogens with zero attached hydrogens (tertiary/aromatic N) is 2. The Kier molecular flexibility index (Phi) is 15.1. The minimum absolute atomic E-state index is 0.0701. The van der Waals surface area contributed by atoms with E-state index in [4.69, 9.17) is 10.2 Å². The van der Waals surface area contributed by atoms with E-state index < -0.39 is 59.5 Å². The second-order valence-corrected chi connectivity index (χ2v) is 11.4. The fourth-order valence-corrected chi connectivity index (χ4v) is 3.80. The molecule has 0 aliphatic carbocycles. The third-order valence-corrected chi connectivity index (χ3v) is 4.97. The minimum Gasteiger partial charge on any atom is -0.550 e. The number of carbonyl (C=O) groups is 6. The Labute approximate surface area is 222 Å². The van der Waals surface area contributed by atoms with Gasteiger partial charge in [0.2, 0.25) is 0 Å². The molecule has 2 unspecified atom stereocenters. The number of carboxylic acids is 4. The second kappa shape index (κ2) is 15.5. The number of carboxylic acid groups (broad SMARTS) is 4. The highest BCUT2D eigenvalue weighted by atomic mass is 16.4. The van der Waals surface area contributed by atoms with E-state index in [0.717, 1.165) is 0 Å². The fourth-order valence-electron chi connectivity index (χ4n) is 3.80. The largest absolute Gasteiger partial charge is 0.550 e. The molecule has 0 aromatic rings. The van der Waals surface area contributed by atoms with E-state index in [2.05, 4.69) is 0 Å². The average molecular weight is 551 g/mol. The number of ketones is 2. The van der Waals surface area contributed by atoms with E-state index in [1.807, 2.05) is 0 Å². The first-order valence-electron chi connectivity index (χ1n) is 11.9. The molecule has 0 aromatic carbocycles. The average Bonchev–Trinajstić information content (AvgIpc) is 2.63. The van der Waals surface area contributed by atoms with E-state index >= 15 is 0 Å². The first-order chi connectivity index (χ1) is 16.9. The molecule has 0 rings (SSSR count).